The number of hydrogen-bond acceptors (Lipinski definition) is 2. The van der Waals surface area contributed by atoms with E-state index in [9.17, 15) is 8.42 Å². The second-order valence-corrected chi connectivity index (χ2v) is 4.91. The maximum atomic E-state index is 11.0. The molecule has 0 fully saturated rings. The van der Waals surface area contributed by atoms with Gasteiger partial charge in [-0.3, -0.25) is 0 Å². The van der Waals surface area contributed by atoms with E-state index < -0.39 is 9.84 Å². The van der Waals surface area contributed by atoms with Gasteiger partial charge in [-0.05, 0) is 19.1 Å². The average molecular weight is 207 g/mol. The first-order valence-corrected chi connectivity index (χ1v) is 5.51. The van der Waals surface area contributed by atoms with Crippen LogP contribution in [-0.2, 0) is 9.84 Å². The molecule has 0 aliphatic heterocycles. The number of allylic oxidation sites excluding steroid dienone is 4. The lowest BCUT2D eigenvalue weighted by Crippen LogP contribution is -1.97. The van der Waals surface area contributed by atoms with Crippen molar-refractivity contribution in [1.29, 1.82) is 0 Å². The van der Waals surface area contributed by atoms with Gasteiger partial charge in [0.25, 0.3) is 0 Å². The van der Waals surface area contributed by atoms with Crippen LogP contribution in [-0.4, -0.2) is 14.7 Å². The van der Waals surface area contributed by atoms with Gasteiger partial charge >= 0.3 is 0 Å². The van der Waals surface area contributed by atoms with Gasteiger partial charge < -0.3 is 0 Å². The Labute approximate surface area is 78.2 Å². The number of rotatable bonds is 3. The van der Waals surface area contributed by atoms with Crippen molar-refractivity contribution in [2.75, 3.05) is 6.26 Å². The van der Waals surface area contributed by atoms with Crippen molar-refractivity contribution in [1.82, 2.24) is 0 Å². The van der Waals surface area contributed by atoms with Crippen molar-refractivity contribution in [2.24, 2.45) is 0 Å². The zero-order valence-corrected chi connectivity index (χ0v) is 8.61. The summed E-state index contributed by atoms with van der Waals surface area (Å²) in [7, 11) is -3.17. The van der Waals surface area contributed by atoms with E-state index in [0.717, 1.165) is 6.26 Å². The molecule has 0 saturated heterocycles. The first-order valence-electron chi connectivity index (χ1n) is 3.24. The summed E-state index contributed by atoms with van der Waals surface area (Å²) in [6, 6.07) is 0. The van der Waals surface area contributed by atoms with Crippen LogP contribution in [0.5, 0.6) is 0 Å². The topological polar surface area (TPSA) is 34.1 Å². The molecule has 0 radical (unpaired) electrons. The van der Waals surface area contributed by atoms with E-state index in [1.807, 2.05) is 0 Å². The van der Waals surface area contributed by atoms with Crippen LogP contribution < -0.4 is 0 Å². The predicted octanol–water partition coefficient (Wildman–Crippen LogP) is 2.24. The Bertz CT molecular complexity index is 319. The third-order valence-corrected chi connectivity index (χ3v) is 2.39. The Morgan fingerprint density at radius 2 is 1.92 bits per heavy atom. The first kappa shape index (κ1) is 11.5. The number of halogens is 1. The lowest BCUT2D eigenvalue weighted by Gasteiger charge is -1.94. The molecule has 0 aromatic rings. The van der Waals surface area contributed by atoms with E-state index in [2.05, 4.69) is 6.58 Å². The molecule has 0 aliphatic carbocycles. The Morgan fingerprint density at radius 1 is 1.42 bits per heavy atom. The highest BCUT2D eigenvalue weighted by Gasteiger charge is 2.04. The number of sulfone groups is 1. The van der Waals surface area contributed by atoms with Crippen molar-refractivity contribution >= 4 is 21.4 Å². The van der Waals surface area contributed by atoms with E-state index in [-0.39, 0.29) is 4.91 Å². The summed E-state index contributed by atoms with van der Waals surface area (Å²) < 4.78 is 21.9. The summed E-state index contributed by atoms with van der Waals surface area (Å²) in [5, 5.41) is 0.526. The first-order chi connectivity index (χ1) is 5.38. The minimum atomic E-state index is -3.17. The molecule has 2 nitrogen and oxygen atoms in total. The van der Waals surface area contributed by atoms with Crippen molar-refractivity contribution < 1.29 is 8.42 Å². The van der Waals surface area contributed by atoms with Gasteiger partial charge in [-0.25, -0.2) is 8.42 Å². The lowest BCUT2D eigenvalue weighted by atomic mass is 10.4. The normalized spacial score (nSPS) is 14.6. The molecule has 0 amide bonds. The molecule has 0 aromatic carbocycles. The highest BCUT2D eigenvalue weighted by Crippen LogP contribution is 2.07. The van der Waals surface area contributed by atoms with Crippen LogP contribution in [0.25, 0.3) is 0 Å². The fourth-order valence-corrected chi connectivity index (χ4v) is 1.22. The maximum absolute atomic E-state index is 11.0. The highest BCUT2D eigenvalue weighted by molar-refractivity contribution is 7.94. The molecule has 0 bridgehead atoms. The van der Waals surface area contributed by atoms with Gasteiger partial charge in [0, 0.05) is 11.3 Å². The minimum absolute atomic E-state index is 0.169. The summed E-state index contributed by atoms with van der Waals surface area (Å²) in [4.78, 5) is 0.169. The van der Waals surface area contributed by atoms with Crippen LogP contribution in [0.15, 0.2) is 34.7 Å². The fourth-order valence-electron chi connectivity index (χ4n) is 0.540. The van der Waals surface area contributed by atoms with Crippen LogP contribution in [0.4, 0.5) is 0 Å². The summed E-state index contributed by atoms with van der Waals surface area (Å²) in [6.45, 7) is 5.05. The lowest BCUT2D eigenvalue weighted by molar-refractivity contribution is 0.608. The van der Waals surface area contributed by atoms with Gasteiger partial charge in [0.1, 0.15) is 0 Å². The Hall–Kier alpha value is -0.540. The average Bonchev–Trinajstić information content (AvgIpc) is 1.85. The Morgan fingerprint density at radius 3 is 2.17 bits per heavy atom. The summed E-state index contributed by atoms with van der Waals surface area (Å²) >= 11 is 5.52. The molecule has 0 heterocycles. The fraction of sp³-hybridized carbons (Fsp3) is 0.250. The highest BCUT2D eigenvalue weighted by atomic mass is 35.5. The van der Waals surface area contributed by atoms with Crippen LogP contribution in [0.1, 0.15) is 6.92 Å². The van der Waals surface area contributed by atoms with Gasteiger partial charge in [-0.1, -0.05) is 24.3 Å². The molecular weight excluding hydrogens is 196 g/mol. The zero-order valence-electron chi connectivity index (χ0n) is 7.04. The van der Waals surface area contributed by atoms with Gasteiger partial charge in [0.05, 0.1) is 4.91 Å². The van der Waals surface area contributed by atoms with Crippen LogP contribution in [0.2, 0.25) is 0 Å². The van der Waals surface area contributed by atoms with E-state index in [4.69, 9.17) is 11.6 Å². The van der Waals surface area contributed by atoms with Crippen molar-refractivity contribution in [3.05, 3.63) is 34.7 Å². The Kier molecular flexibility index (Phi) is 4.28. The molecule has 0 N–H and O–H groups in total. The molecule has 0 unspecified atom stereocenters. The third-order valence-electron chi connectivity index (χ3n) is 1.11. The SMILES string of the molecule is C=C/C(=C\C=C(/C)Cl)S(C)(=O)=O. The van der Waals surface area contributed by atoms with Gasteiger partial charge in [0.2, 0.25) is 0 Å². The molecule has 0 atom stereocenters. The second-order valence-electron chi connectivity index (χ2n) is 2.30. The molecular formula is C8H11ClO2S. The van der Waals surface area contributed by atoms with Crippen molar-refractivity contribution in [2.45, 2.75) is 6.92 Å². The van der Waals surface area contributed by atoms with Crippen LogP contribution in [0, 0.1) is 0 Å². The smallest absolute Gasteiger partial charge is 0.175 e. The molecule has 4 heteroatoms. The Balaban J connectivity index is 4.95. The summed E-state index contributed by atoms with van der Waals surface area (Å²) in [5.41, 5.74) is 0. The molecule has 0 saturated carbocycles. The minimum Gasteiger partial charge on any atom is -0.224 e. The predicted molar refractivity (Wildman–Crippen MR) is 52.7 cm³/mol. The van der Waals surface area contributed by atoms with Gasteiger partial charge in [-0.15, -0.1) is 0 Å². The molecule has 68 valence electrons. The monoisotopic (exact) mass is 206 g/mol. The zero-order chi connectivity index (χ0) is 9.78. The molecule has 12 heavy (non-hydrogen) atoms. The molecule has 0 aliphatic rings. The maximum Gasteiger partial charge on any atom is 0.175 e. The van der Waals surface area contributed by atoms with Crippen LogP contribution in [0.3, 0.4) is 0 Å². The second kappa shape index (κ2) is 4.48. The van der Waals surface area contributed by atoms with Gasteiger partial charge in [-0.2, -0.15) is 0 Å². The van der Waals surface area contributed by atoms with Crippen LogP contribution >= 0.6 is 11.6 Å². The standard InChI is InChI=1S/C8H11ClO2S/c1-4-8(12(3,10)11)6-5-7(2)9/h4-6H,1H2,2-3H3/b7-5+,8-6+. The molecule has 0 spiro atoms. The van der Waals surface area contributed by atoms with E-state index in [0.29, 0.717) is 5.03 Å². The summed E-state index contributed by atoms with van der Waals surface area (Å²) in [6.07, 6.45) is 5.34. The van der Waals surface area contributed by atoms with E-state index in [1.54, 1.807) is 6.92 Å². The van der Waals surface area contributed by atoms with E-state index in [1.165, 1.54) is 18.2 Å². The number of hydrogen-bond donors (Lipinski definition) is 0. The van der Waals surface area contributed by atoms with Crippen molar-refractivity contribution in [3.8, 4) is 0 Å². The van der Waals surface area contributed by atoms with E-state index >= 15 is 0 Å². The van der Waals surface area contributed by atoms with Crippen molar-refractivity contribution in [3.63, 3.8) is 0 Å². The largest absolute Gasteiger partial charge is 0.224 e. The molecule has 0 aromatic heterocycles. The quantitative estimate of drug-likeness (QED) is 0.664. The van der Waals surface area contributed by atoms with Gasteiger partial charge in [0.15, 0.2) is 9.84 Å². The summed E-state index contributed by atoms with van der Waals surface area (Å²) in [5.74, 6) is 0. The molecule has 0 rings (SSSR count). The third kappa shape index (κ3) is 4.36.